The molecule has 0 aromatic heterocycles. The molecule has 0 bridgehead atoms. The maximum Gasteiger partial charge on any atom is 0.306 e. The van der Waals surface area contributed by atoms with Crippen molar-refractivity contribution in [3.8, 4) is 5.75 Å². The lowest BCUT2D eigenvalue weighted by Gasteiger charge is -2.26. The number of hydrogen-bond acceptors (Lipinski definition) is 5. The van der Waals surface area contributed by atoms with Crippen LogP contribution in [-0.2, 0) is 21.4 Å². The standard InChI is InChI=1S/C20H22FNO5S/c1-28(24,25)27-18-10-4-15(5-11-18)13-22(14-19-3-2-12-26-19)20(23)16-6-8-17(21)9-7-16/h4-11,19H,2-3,12-14H2,1H3/t19-/m0/s1. The number of benzene rings is 2. The average molecular weight is 407 g/mol. The van der Waals surface area contributed by atoms with Gasteiger partial charge in [-0.1, -0.05) is 12.1 Å². The Hall–Kier alpha value is -2.45. The number of nitrogens with zero attached hydrogens (tertiary/aromatic N) is 1. The van der Waals surface area contributed by atoms with Crippen LogP contribution < -0.4 is 4.18 Å². The third-order valence-electron chi connectivity index (χ3n) is 4.37. The SMILES string of the molecule is CS(=O)(=O)Oc1ccc(CN(C[C@@H]2CCCO2)C(=O)c2ccc(F)cc2)cc1. The molecule has 2 aromatic carbocycles. The monoisotopic (exact) mass is 407 g/mol. The molecule has 2 aromatic rings. The van der Waals surface area contributed by atoms with Gasteiger partial charge in [-0.3, -0.25) is 4.79 Å². The highest BCUT2D eigenvalue weighted by atomic mass is 32.2. The summed E-state index contributed by atoms with van der Waals surface area (Å²) >= 11 is 0. The van der Waals surface area contributed by atoms with Gasteiger partial charge in [-0.25, -0.2) is 4.39 Å². The van der Waals surface area contributed by atoms with E-state index >= 15 is 0 Å². The van der Waals surface area contributed by atoms with Crippen LogP contribution in [0.3, 0.4) is 0 Å². The molecule has 28 heavy (non-hydrogen) atoms. The van der Waals surface area contributed by atoms with Crippen LogP contribution in [-0.4, -0.2) is 44.7 Å². The van der Waals surface area contributed by atoms with E-state index in [0.29, 0.717) is 25.3 Å². The molecule has 6 nitrogen and oxygen atoms in total. The molecule has 0 saturated carbocycles. The summed E-state index contributed by atoms with van der Waals surface area (Å²) in [7, 11) is -3.59. The van der Waals surface area contributed by atoms with Crippen molar-refractivity contribution in [1.82, 2.24) is 4.90 Å². The zero-order chi connectivity index (χ0) is 20.1. The number of carbonyl (C=O) groups is 1. The second kappa shape index (κ2) is 8.70. The first-order valence-electron chi connectivity index (χ1n) is 8.95. The summed E-state index contributed by atoms with van der Waals surface area (Å²) in [6.07, 6.45) is 2.79. The van der Waals surface area contributed by atoms with Gasteiger partial charge in [-0.05, 0) is 54.8 Å². The van der Waals surface area contributed by atoms with Crippen molar-refractivity contribution in [3.05, 3.63) is 65.5 Å². The maximum atomic E-state index is 13.2. The quantitative estimate of drug-likeness (QED) is 0.660. The molecule has 1 saturated heterocycles. The Balaban J connectivity index is 1.76. The van der Waals surface area contributed by atoms with Crippen LogP contribution in [0.2, 0.25) is 0 Å². The minimum absolute atomic E-state index is 0.0303. The molecule has 150 valence electrons. The lowest BCUT2D eigenvalue weighted by Crippen LogP contribution is -2.37. The number of carbonyl (C=O) groups excluding carboxylic acids is 1. The van der Waals surface area contributed by atoms with Crippen LogP contribution in [0.5, 0.6) is 5.75 Å². The first-order valence-corrected chi connectivity index (χ1v) is 10.8. The van der Waals surface area contributed by atoms with E-state index in [1.165, 1.54) is 24.3 Å². The van der Waals surface area contributed by atoms with Gasteiger partial charge in [-0.15, -0.1) is 0 Å². The van der Waals surface area contributed by atoms with Gasteiger partial charge in [0.25, 0.3) is 5.91 Å². The van der Waals surface area contributed by atoms with E-state index in [0.717, 1.165) is 24.7 Å². The second-order valence-electron chi connectivity index (χ2n) is 6.76. The van der Waals surface area contributed by atoms with E-state index in [1.54, 1.807) is 29.2 Å². The van der Waals surface area contributed by atoms with Gasteiger partial charge in [0.15, 0.2) is 0 Å². The molecule has 1 aliphatic rings. The third-order valence-corrected chi connectivity index (χ3v) is 4.87. The van der Waals surface area contributed by atoms with Crippen molar-refractivity contribution in [2.24, 2.45) is 0 Å². The number of halogens is 1. The zero-order valence-electron chi connectivity index (χ0n) is 15.5. The van der Waals surface area contributed by atoms with E-state index in [1.807, 2.05) is 0 Å². The van der Waals surface area contributed by atoms with Crippen LogP contribution >= 0.6 is 0 Å². The second-order valence-corrected chi connectivity index (χ2v) is 8.33. The van der Waals surface area contributed by atoms with E-state index < -0.39 is 15.9 Å². The highest BCUT2D eigenvalue weighted by molar-refractivity contribution is 7.86. The topological polar surface area (TPSA) is 72.9 Å². The molecule has 0 aliphatic carbocycles. The van der Waals surface area contributed by atoms with Crippen LogP contribution in [0.4, 0.5) is 4.39 Å². The van der Waals surface area contributed by atoms with Gasteiger partial charge in [0, 0.05) is 25.3 Å². The Labute approximate surface area is 164 Å². The number of rotatable bonds is 7. The van der Waals surface area contributed by atoms with Crippen molar-refractivity contribution in [1.29, 1.82) is 0 Å². The Kier molecular flexibility index (Phi) is 6.31. The summed E-state index contributed by atoms with van der Waals surface area (Å²) in [4.78, 5) is 14.6. The average Bonchev–Trinajstić information content (AvgIpc) is 3.15. The molecule has 0 unspecified atom stereocenters. The van der Waals surface area contributed by atoms with Gasteiger partial charge in [-0.2, -0.15) is 8.42 Å². The highest BCUT2D eigenvalue weighted by Gasteiger charge is 2.24. The molecule has 1 amide bonds. The normalized spacial score (nSPS) is 16.7. The van der Waals surface area contributed by atoms with Crippen molar-refractivity contribution in [3.63, 3.8) is 0 Å². The fourth-order valence-electron chi connectivity index (χ4n) is 3.07. The molecule has 8 heteroatoms. The molecule has 1 fully saturated rings. The largest absolute Gasteiger partial charge is 0.383 e. The predicted molar refractivity (Wildman–Crippen MR) is 102 cm³/mol. The van der Waals surface area contributed by atoms with Crippen molar-refractivity contribution < 1.29 is 26.5 Å². The molecule has 0 radical (unpaired) electrons. The minimum Gasteiger partial charge on any atom is -0.383 e. The van der Waals surface area contributed by atoms with Crippen LogP contribution in [0, 0.1) is 5.82 Å². The maximum absolute atomic E-state index is 13.2. The first-order chi connectivity index (χ1) is 13.3. The summed E-state index contributed by atoms with van der Waals surface area (Å²) in [5.41, 5.74) is 1.21. The van der Waals surface area contributed by atoms with Crippen LogP contribution in [0.1, 0.15) is 28.8 Å². The Morgan fingerprint density at radius 2 is 1.86 bits per heavy atom. The van der Waals surface area contributed by atoms with E-state index in [9.17, 15) is 17.6 Å². The fraction of sp³-hybridized carbons (Fsp3) is 0.350. The molecular formula is C20H22FNO5S. The summed E-state index contributed by atoms with van der Waals surface area (Å²) < 4.78 is 46.1. The lowest BCUT2D eigenvalue weighted by atomic mass is 10.1. The van der Waals surface area contributed by atoms with Gasteiger partial charge in [0.1, 0.15) is 11.6 Å². The summed E-state index contributed by atoms with van der Waals surface area (Å²) in [6.45, 7) is 1.42. The lowest BCUT2D eigenvalue weighted by molar-refractivity contribution is 0.0507. The molecule has 0 N–H and O–H groups in total. The first kappa shape index (κ1) is 20.3. The van der Waals surface area contributed by atoms with E-state index in [4.69, 9.17) is 8.92 Å². The predicted octanol–water partition coefficient (Wildman–Crippen LogP) is 2.99. The summed E-state index contributed by atoms with van der Waals surface area (Å²) in [5, 5.41) is 0. The van der Waals surface area contributed by atoms with Crippen molar-refractivity contribution >= 4 is 16.0 Å². The zero-order valence-corrected chi connectivity index (χ0v) is 16.3. The van der Waals surface area contributed by atoms with E-state index in [-0.39, 0.29) is 17.8 Å². The fourth-order valence-corrected chi connectivity index (χ4v) is 3.53. The molecule has 3 rings (SSSR count). The van der Waals surface area contributed by atoms with Gasteiger partial charge in [0.2, 0.25) is 0 Å². The van der Waals surface area contributed by atoms with Gasteiger partial charge < -0.3 is 13.8 Å². The Bertz CT molecular complexity index is 907. The summed E-state index contributed by atoms with van der Waals surface area (Å²) in [6, 6.07) is 11.9. The number of hydrogen-bond donors (Lipinski definition) is 0. The molecular weight excluding hydrogens is 385 g/mol. The molecule has 1 aliphatic heterocycles. The van der Waals surface area contributed by atoms with Crippen molar-refractivity contribution in [2.45, 2.75) is 25.5 Å². The smallest absolute Gasteiger partial charge is 0.306 e. The van der Waals surface area contributed by atoms with E-state index in [2.05, 4.69) is 0 Å². The van der Waals surface area contributed by atoms with Crippen LogP contribution in [0.15, 0.2) is 48.5 Å². The molecule has 0 spiro atoms. The highest BCUT2D eigenvalue weighted by Crippen LogP contribution is 2.19. The Morgan fingerprint density at radius 3 is 2.43 bits per heavy atom. The third kappa shape index (κ3) is 5.77. The van der Waals surface area contributed by atoms with Crippen molar-refractivity contribution in [2.75, 3.05) is 19.4 Å². The number of amides is 1. The number of ether oxygens (including phenoxy) is 1. The Morgan fingerprint density at radius 1 is 1.18 bits per heavy atom. The molecule has 1 heterocycles. The minimum atomic E-state index is -3.59. The van der Waals surface area contributed by atoms with Gasteiger partial charge in [0.05, 0.1) is 12.4 Å². The molecule has 1 atom stereocenters. The van der Waals surface area contributed by atoms with Gasteiger partial charge >= 0.3 is 10.1 Å². The summed E-state index contributed by atoms with van der Waals surface area (Å²) in [5.74, 6) is -0.405. The van der Waals surface area contributed by atoms with Crippen LogP contribution in [0.25, 0.3) is 0 Å².